The molecule has 3 rings (SSSR count). The molecule has 1 unspecified atom stereocenters. The fraction of sp³-hybridized carbons (Fsp3) is 0.227. The Bertz CT molecular complexity index is 810. The number of carbonyl (C=O) groups is 1. The van der Waals surface area contributed by atoms with Gasteiger partial charge in [0.1, 0.15) is 0 Å². The van der Waals surface area contributed by atoms with Crippen molar-refractivity contribution < 1.29 is 4.79 Å². The van der Waals surface area contributed by atoms with Crippen LogP contribution in [0.3, 0.4) is 0 Å². The highest BCUT2D eigenvalue weighted by atomic mass is 16.1. The van der Waals surface area contributed by atoms with Gasteiger partial charge in [-0.05, 0) is 41.7 Å². The van der Waals surface area contributed by atoms with Crippen LogP contribution < -0.4 is 5.32 Å². The van der Waals surface area contributed by atoms with E-state index in [1.165, 1.54) is 16.3 Å². The zero-order valence-corrected chi connectivity index (χ0v) is 14.0. The second-order valence-electron chi connectivity index (χ2n) is 6.35. The van der Waals surface area contributed by atoms with Gasteiger partial charge >= 0.3 is 0 Å². The Balaban J connectivity index is 1.52. The quantitative estimate of drug-likeness (QED) is 0.711. The second-order valence-corrected chi connectivity index (χ2v) is 6.35. The van der Waals surface area contributed by atoms with E-state index in [1.54, 1.807) is 0 Å². The predicted molar refractivity (Wildman–Crippen MR) is 100 cm³/mol. The first-order chi connectivity index (χ1) is 11.7. The zero-order valence-electron chi connectivity index (χ0n) is 14.0. The minimum Gasteiger partial charge on any atom is -0.353 e. The second kappa shape index (κ2) is 7.78. The van der Waals surface area contributed by atoms with E-state index in [1.807, 2.05) is 24.3 Å². The number of hydrogen-bond acceptors (Lipinski definition) is 1. The van der Waals surface area contributed by atoms with Gasteiger partial charge in [0.15, 0.2) is 0 Å². The van der Waals surface area contributed by atoms with Gasteiger partial charge in [-0.15, -0.1) is 0 Å². The van der Waals surface area contributed by atoms with Crippen molar-refractivity contribution in [2.75, 3.05) is 0 Å². The fourth-order valence-corrected chi connectivity index (χ4v) is 2.96. The highest BCUT2D eigenvalue weighted by Gasteiger charge is 2.09. The van der Waals surface area contributed by atoms with Crippen LogP contribution in [0.15, 0.2) is 72.8 Å². The minimum atomic E-state index is 0.0887. The third kappa shape index (κ3) is 4.45. The summed E-state index contributed by atoms with van der Waals surface area (Å²) >= 11 is 0. The third-order valence-electron chi connectivity index (χ3n) is 4.29. The molecular formula is C22H23NO. The maximum absolute atomic E-state index is 12.3. The average molecular weight is 317 g/mol. The fourth-order valence-electron chi connectivity index (χ4n) is 2.96. The Labute approximate surface area is 143 Å². The summed E-state index contributed by atoms with van der Waals surface area (Å²) in [6.07, 6.45) is 2.37. The summed E-state index contributed by atoms with van der Waals surface area (Å²) in [5.74, 6) is 0.0887. The van der Waals surface area contributed by atoms with Crippen molar-refractivity contribution in [2.24, 2.45) is 0 Å². The molecule has 3 aromatic carbocycles. The van der Waals surface area contributed by atoms with Gasteiger partial charge in [-0.3, -0.25) is 4.79 Å². The van der Waals surface area contributed by atoms with Crippen LogP contribution in [0.4, 0.5) is 0 Å². The number of carbonyl (C=O) groups excluding carboxylic acids is 1. The number of aryl methyl sites for hydroxylation is 1. The van der Waals surface area contributed by atoms with Gasteiger partial charge in [-0.25, -0.2) is 0 Å². The lowest BCUT2D eigenvalue weighted by molar-refractivity contribution is -0.121. The van der Waals surface area contributed by atoms with E-state index < -0.39 is 0 Å². The SMILES string of the molecule is CC(CCc1ccccc1)NC(=O)Cc1ccc2ccccc2c1. The van der Waals surface area contributed by atoms with Gasteiger partial charge in [-0.1, -0.05) is 72.8 Å². The molecule has 0 fully saturated rings. The first-order valence-corrected chi connectivity index (χ1v) is 8.52. The topological polar surface area (TPSA) is 29.1 Å². The summed E-state index contributed by atoms with van der Waals surface area (Å²) in [4.78, 5) is 12.3. The Morgan fingerprint density at radius 3 is 2.38 bits per heavy atom. The summed E-state index contributed by atoms with van der Waals surface area (Å²) in [7, 11) is 0. The lowest BCUT2D eigenvalue weighted by Gasteiger charge is -2.14. The van der Waals surface area contributed by atoms with Crippen LogP contribution in [0, 0.1) is 0 Å². The average Bonchev–Trinajstić information content (AvgIpc) is 2.60. The van der Waals surface area contributed by atoms with Crippen LogP contribution in [0.1, 0.15) is 24.5 Å². The van der Waals surface area contributed by atoms with Gasteiger partial charge in [0.2, 0.25) is 5.91 Å². The minimum absolute atomic E-state index is 0.0887. The molecule has 1 amide bonds. The van der Waals surface area contributed by atoms with E-state index in [4.69, 9.17) is 0 Å². The smallest absolute Gasteiger partial charge is 0.224 e. The van der Waals surface area contributed by atoms with Gasteiger partial charge in [0.25, 0.3) is 0 Å². The number of nitrogens with one attached hydrogen (secondary N) is 1. The Morgan fingerprint density at radius 1 is 0.875 bits per heavy atom. The van der Waals surface area contributed by atoms with Gasteiger partial charge in [0.05, 0.1) is 6.42 Å². The Kier molecular flexibility index (Phi) is 5.27. The highest BCUT2D eigenvalue weighted by molar-refractivity contribution is 5.85. The molecule has 122 valence electrons. The van der Waals surface area contributed by atoms with E-state index in [2.05, 4.69) is 60.8 Å². The van der Waals surface area contributed by atoms with Crippen molar-refractivity contribution >= 4 is 16.7 Å². The van der Waals surface area contributed by atoms with Gasteiger partial charge in [-0.2, -0.15) is 0 Å². The molecule has 0 heterocycles. The number of hydrogen-bond donors (Lipinski definition) is 1. The molecule has 0 saturated heterocycles. The van der Waals surface area contributed by atoms with Crippen molar-refractivity contribution in [3.63, 3.8) is 0 Å². The lowest BCUT2D eigenvalue weighted by atomic mass is 10.0. The molecule has 2 heteroatoms. The summed E-state index contributed by atoms with van der Waals surface area (Å²) in [6, 6.07) is 25.0. The van der Waals surface area contributed by atoms with Crippen LogP contribution in [0.2, 0.25) is 0 Å². The van der Waals surface area contributed by atoms with Crippen LogP contribution in [-0.4, -0.2) is 11.9 Å². The summed E-state index contributed by atoms with van der Waals surface area (Å²) in [5, 5.41) is 5.49. The third-order valence-corrected chi connectivity index (χ3v) is 4.29. The summed E-state index contributed by atoms with van der Waals surface area (Å²) in [5.41, 5.74) is 2.37. The molecule has 0 radical (unpaired) electrons. The maximum atomic E-state index is 12.3. The summed E-state index contributed by atoms with van der Waals surface area (Å²) in [6.45, 7) is 2.07. The molecule has 1 atom stereocenters. The molecule has 0 saturated carbocycles. The highest BCUT2D eigenvalue weighted by Crippen LogP contribution is 2.16. The maximum Gasteiger partial charge on any atom is 0.224 e. The molecular weight excluding hydrogens is 294 g/mol. The zero-order chi connectivity index (χ0) is 16.8. The van der Waals surface area contributed by atoms with Crippen molar-refractivity contribution in [1.82, 2.24) is 5.32 Å². The largest absolute Gasteiger partial charge is 0.353 e. The molecule has 0 aromatic heterocycles. The van der Waals surface area contributed by atoms with Crippen molar-refractivity contribution in [3.05, 3.63) is 83.9 Å². The van der Waals surface area contributed by atoms with E-state index in [-0.39, 0.29) is 11.9 Å². The monoisotopic (exact) mass is 317 g/mol. The van der Waals surface area contributed by atoms with E-state index in [0.29, 0.717) is 6.42 Å². The summed E-state index contributed by atoms with van der Waals surface area (Å²) < 4.78 is 0. The molecule has 0 bridgehead atoms. The molecule has 0 aliphatic heterocycles. The van der Waals surface area contributed by atoms with Crippen LogP contribution in [0.25, 0.3) is 10.8 Å². The number of rotatable bonds is 6. The van der Waals surface area contributed by atoms with Crippen molar-refractivity contribution in [1.29, 1.82) is 0 Å². The van der Waals surface area contributed by atoms with Crippen LogP contribution >= 0.6 is 0 Å². The van der Waals surface area contributed by atoms with E-state index in [9.17, 15) is 4.79 Å². The lowest BCUT2D eigenvalue weighted by Crippen LogP contribution is -2.34. The molecule has 2 nitrogen and oxygen atoms in total. The molecule has 24 heavy (non-hydrogen) atoms. The van der Waals surface area contributed by atoms with E-state index in [0.717, 1.165) is 18.4 Å². The van der Waals surface area contributed by atoms with Crippen LogP contribution in [0.5, 0.6) is 0 Å². The molecule has 0 spiro atoms. The van der Waals surface area contributed by atoms with Crippen molar-refractivity contribution in [2.45, 2.75) is 32.2 Å². The first kappa shape index (κ1) is 16.3. The molecule has 3 aromatic rings. The van der Waals surface area contributed by atoms with Crippen molar-refractivity contribution in [3.8, 4) is 0 Å². The molecule has 1 N–H and O–H groups in total. The number of benzene rings is 3. The predicted octanol–water partition coefficient (Wildman–Crippen LogP) is 4.52. The van der Waals surface area contributed by atoms with Gasteiger partial charge in [0, 0.05) is 6.04 Å². The normalized spacial score (nSPS) is 12.0. The van der Waals surface area contributed by atoms with Crippen LogP contribution in [-0.2, 0) is 17.6 Å². The Hall–Kier alpha value is -2.61. The number of fused-ring (bicyclic) bond motifs is 1. The standard InChI is InChI=1S/C22H23NO/c1-17(11-12-18-7-3-2-4-8-18)23-22(24)16-19-13-14-20-9-5-6-10-21(20)15-19/h2-10,13-15,17H,11-12,16H2,1H3,(H,23,24). The number of amides is 1. The Morgan fingerprint density at radius 2 is 1.58 bits per heavy atom. The first-order valence-electron chi connectivity index (χ1n) is 8.52. The van der Waals surface area contributed by atoms with Gasteiger partial charge < -0.3 is 5.32 Å². The molecule has 0 aliphatic carbocycles. The van der Waals surface area contributed by atoms with E-state index >= 15 is 0 Å². The molecule has 0 aliphatic rings.